The van der Waals surface area contributed by atoms with Gasteiger partial charge in [0.1, 0.15) is 11.3 Å². The second kappa shape index (κ2) is 5.66. The van der Waals surface area contributed by atoms with Gasteiger partial charge in [0.25, 0.3) is 5.69 Å². The van der Waals surface area contributed by atoms with Crippen LogP contribution in [0.4, 0.5) is 5.69 Å². The van der Waals surface area contributed by atoms with Crippen LogP contribution in [0.2, 0.25) is 0 Å². The van der Waals surface area contributed by atoms with Crippen molar-refractivity contribution >= 4 is 16.7 Å². The maximum Gasteiger partial charge on any atom is 0.270 e. The van der Waals surface area contributed by atoms with Crippen LogP contribution < -0.4 is 0 Å². The summed E-state index contributed by atoms with van der Waals surface area (Å²) >= 11 is 0. The van der Waals surface area contributed by atoms with E-state index in [2.05, 4.69) is 0 Å². The van der Waals surface area contributed by atoms with Crippen molar-refractivity contribution in [2.24, 2.45) is 0 Å². The molecule has 0 N–H and O–H groups in total. The van der Waals surface area contributed by atoms with E-state index < -0.39 is 4.92 Å². The van der Waals surface area contributed by atoms with Gasteiger partial charge < -0.3 is 4.42 Å². The molecule has 1 heterocycles. The number of hydrogen-bond donors (Lipinski definition) is 0. The Balaban J connectivity index is 2.02. The highest BCUT2D eigenvalue weighted by Crippen LogP contribution is 2.41. The zero-order chi connectivity index (χ0) is 16.5. The van der Waals surface area contributed by atoms with Crippen LogP contribution in [0.1, 0.15) is 0 Å². The molecule has 4 aromatic rings. The molecule has 0 bridgehead atoms. The van der Waals surface area contributed by atoms with E-state index in [9.17, 15) is 10.1 Å². The maximum absolute atomic E-state index is 11.1. The number of fused-ring (bicyclic) bond motifs is 1. The Morgan fingerprint density at radius 1 is 0.792 bits per heavy atom. The van der Waals surface area contributed by atoms with Crippen LogP contribution in [0.25, 0.3) is 33.4 Å². The Morgan fingerprint density at radius 3 is 2.29 bits per heavy atom. The molecule has 0 saturated carbocycles. The van der Waals surface area contributed by atoms with E-state index in [4.69, 9.17) is 4.42 Å². The minimum atomic E-state index is -0.394. The zero-order valence-electron chi connectivity index (χ0n) is 12.7. The Bertz CT molecular complexity index is 1040. The molecule has 0 spiro atoms. The van der Waals surface area contributed by atoms with Crippen LogP contribution in [-0.2, 0) is 0 Å². The highest BCUT2D eigenvalue weighted by Gasteiger charge is 2.18. The van der Waals surface area contributed by atoms with Gasteiger partial charge in [-0.1, -0.05) is 60.7 Å². The molecule has 4 heteroatoms. The smallest absolute Gasteiger partial charge is 0.270 e. The molecule has 1 aromatic heterocycles. The third-order valence-corrected chi connectivity index (χ3v) is 3.98. The van der Waals surface area contributed by atoms with E-state index in [0.717, 1.165) is 22.1 Å². The fourth-order valence-corrected chi connectivity index (χ4v) is 2.90. The summed E-state index contributed by atoms with van der Waals surface area (Å²) in [5, 5.41) is 12.1. The molecule has 0 radical (unpaired) electrons. The lowest BCUT2D eigenvalue weighted by Gasteiger charge is -2.04. The van der Waals surface area contributed by atoms with Gasteiger partial charge in [0.2, 0.25) is 0 Å². The molecule has 0 saturated heterocycles. The molecule has 0 aliphatic rings. The number of non-ortho nitro benzene ring substituents is 1. The van der Waals surface area contributed by atoms with Gasteiger partial charge in [-0.15, -0.1) is 0 Å². The number of rotatable bonds is 3. The lowest BCUT2D eigenvalue weighted by Crippen LogP contribution is -1.88. The number of hydrogen-bond acceptors (Lipinski definition) is 3. The number of benzene rings is 3. The van der Waals surface area contributed by atoms with Gasteiger partial charge in [0.15, 0.2) is 0 Å². The molecule has 4 nitrogen and oxygen atoms in total. The first kappa shape index (κ1) is 14.2. The normalized spacial score (nSPS) is 10.8. The van der Waals surface area contributed by atoms with Gasteiger partial charge in [-0.25, -0.2) is 0 Å². The molecule has 0 atom stereocenters. The minimum absolute atomic E-state index is 0.0481. The van der Waals surface area contributed by atoms with E-state index in [1.165, 1.54) is 6.07 Å². The largest absolute Gasteiger partial charge is 0.455 e. The summed E-state index contributed by atoms with van der Waals surface area (Å²) in [5.74, 6) is 0.645. The van der Waals surface area contributed by atoms with E-state index >= 15 is 0 Å². The van der Waals surface area contributed by atoms with E-state index in [-0.39, 0.29) is 5.69 Å². The number of para-hydroxylation sites is 1. The van der Waals surface area contributed by atoms with Crippen LogP contribution in [0, 0.1) is 10.1 Å². The predicted octanol–water partition coefficient (Wildman–Crippen LogP) is 5.68. The van der Waals surface area contributed by atoms with Crippen molar-refractivity contribution in [3.8, 4) is 22.5 Å². The second-order valence-corrected chi connectivity index (χ2v) is 5.48. The SMILES string of the molecule is O=[N+]([O-])c1cccc(-c2oc3ccccc3c2-c2ccccc2)c1. The lowest BCUT2D eigenvalue weighted by atomic mass is 9.98. The van der Waals surface area contributed by atoms with Crippen LogP contribution in [-0.4, -0.2) is 4.92 Å². The maximum atomic E-state index is 11.1. The van der Waals surface area contributed by atoms with Crippen molar-refractivity contribution < 1.29 is 9.34 Å². The standard InChI is InChI=1S/C20H13NO3/c22-21(23)16-10-6-9-15(13-16)20-19(14-7-2-1-3-8-14)17-11-4-5-12-18(17)24-20/h1-13H. The number of furan rings is 1. The third kappa shape index (κ3) is 2.34. The Labute approximate surface area is 138 Å². The van der Waals surface area contributed by atoms with Crippen molar-refractivity contribution in [1.29, 1.82) is 0 Å². The molecule has 3 aromatic carbocycles. The van der Waals surface area contributed by atoms with Crippen LogP contribution in [0.15, 0.2) is 83.3 Å². The molecule has 0 unspecified atom stereocenters. The molecule has 0 aliphatic heterocycles. The monoisotopic (exact) mass is 315 g/mol. The molecule has 0 amide bonds. The Kier molecular flexibility index (Phi) is 3.35. The molecule has 4 rings (SSSR count). The fraction of sp³-hybridized carbons (Fsp3) is 0. The van der Waals surface area contributed by atoms with Crippen LogP contribution in [0.5, 0.6) is 0 Å². The van der Waals surface area contributed by atoms with Crippen molar-refractivity contribution in [2.45, 2.75) is 0 Å². The first-order chi connectivity index (χ1) is 11.7. The van der Waals surface area contributed by atoms with Gasteiger partial charge in [-0.3, -0.25) is 10.1 Å². The van der Waals surface area contributed by atoms with Crippen molar-refractivity contribution in [1.82, 2.24) is 0 Å². The van der Waals surface area contributed by atoms with Gasteiger partial charge in [0, 0.05) is 28.6 Å². The quantitative estimate of drug-likeness (QED) is 0.361. The van der Waals surface area contributed by atoms with E-state index in [0.29, 0.717) is 11.3 Å². The van der Waals surface area contributed by atoms with E-state index in [1.54, 1.807) is 12.1 Å². The predicted molar refractivity (Wildman–Crippen MR) is 93.7 cm³/mol. The summed E-state index contributed by atoms with van der Waals surface area (Å²) in [6.07, 6.45) is 0. The summed E-state index contributed by atoms with van der Waals surface area (Å²) < 4.78 is 6.05. The molecule has 116 valence electrons. The molecule has 24 heavy (non-hydrogen) atoms. The third-order valence-electron chi connectivity index (χ3n) is 3.98. The Morgan fingerprint density at radius 2 is 1.50 bits per heavy atom. The average Bonchev–Trinajstić information content (AvgIpc) is 3.02. The molecular formula is C20H13NO3. The van der Waals surface area contributed by atoms with Crippen molar-refractivity contribution in [3.05, 3.63) is 89.0 Å². The van der Waals surface area contributed by atoms with Gasteiger partial charge in [-0.05, 0) is 11.6 Å². The first-order valence-corrected chi connectivity index (χ1v) is 7.56. The first-order valence-electron chi connectivity index (χ1n) is 7.56. The molecule has 0 fully saturated rings. The topological polar surface area (TPSA) is 56.3 Å². The summed E-state index contributed by atoms with van der Waals surface area (Å²) in [5.41, 5.74) is 3.47. The summed E-state index contributed by atoms with van der Waals surface area (Å²) in [6.45, 7) is 0. The molecular weight excluding hydrogens is 302 g/mol. The van der Waals surface area contributed by atoms with Crippen molar-refractivity contribution in [3.63, 3.8) is 0 Å². The van der Waals surface area contributed by atoms with Gasteiger partial charge in [0.05, 0.1) is 4.92 Å². The summed E-state index contributed by atoms with van der Waals surface area (Å²) in [6, 6.07) is 24.2. The average molecular weight is 315 g/mol. The Hall–Kier alpha value is -3.40. The van der Waals surface area contributed by atoms with Crippen LogP contribution >= 0.6 is 0 Å². The number of nitro benzene ring substituents is 1. The fourth-order valence-electron chi connectivity index (χ4n) is 2.90. The second-order valence-electron chi connectivity index (χ2n) is 5.48. The van der Waals surface area contributed by atoms with Crippen molar-refractivity contribution in [2.75, 3.05) is 0 Å². The summed E-state index contributed by atoms with van der Waals surface area (Å²) in [7, 11) is 0. The highest BCUT2D eigenvalue weighted by molar-refractivity contribution is 6.01. The zero-order valence-corrected chi connectivity index (χ0v) is 12.7. The minimum Gasteiger partial charge on any atom is -0.455 e. The number of nitrogens with zero attached hydrogens (tertiary/aromatic N) is 1. The van der Waals surface area contributed by atoms with E-state index in [1.807, 2.05) is 60.7 Å². The van der Waals surface area contributed by atoms with Gasteiger partial charge in [-0.2, -0.15) is 0 Å². The lowest BCUT2D eigenvalue weighted by molar-refractivity contribution is -0.384. The van der Waals surface area contributed by atoms with Gasteiger partial charge >= 0.3 is 0 Å². The highest BCUT2D eigenvalue weighted by atomic mass is 16.6. The summed E-state index contributed by atoms with van der Waals surface area (Å²) in [4.78, 5) is 10.7. The molecule has 0 aliphatic carbocycles. The number of nitro groups is 1. The van der Waals surface area contributed by atoms with Crippen LogP contribution in [0.3, 0.4) is 0 Å².